The van der Waals surface area contributed by atoms with Crippen LogP contribution in [0.4, 0.5) is 0 Å². The number of hydrogen-bond donors (Lipinski definition) is 2. The number of sulfonamides is 1. The lowest BCUT2D eigenvalue weighted by Crippen LogP contribution is -2.50. The smallest absolute Gasteiger partial charge is 0.209 e. The van der Waals surface area contributed by atoms with Gasteiger partial charge in [-0.15, -0.1) is 0 Å². The van der Waals surface area contributed by atoms with E-state index in [9.17, 15) is 8.42 Å². The molecular weight excluding hydrogens is 248 g/mol. The van der Waals surface area contributed by atoms with Crippen molar-refractivity contribution in [3.63, 3.8) is 0 Å². The highest BCUT2D eigenvalue weighted by Crippen LogP contribution is 2.22. The van der Waals surface area contributed by atoms with E-state index in [0.717, 1.165) is 12.5 Å². The van der Waals surface area contributed by atoms with Crippen LogP contribution in [-0.2, 0) is 10.0 Å². The molecule has 0 aromatic rings. The standard InChI is InChI=1S/C13H28N2O2S/c1-13(2,15-18(3,16)17)11-14-10-12-8-6-4-5-7-9-12/h12,14-15H,4-11H2,1-3H3. The molecule has 1 aliphatic rings. The van der Waals surface area contributed by atoms with E-state index in [4.69, 9.17) is 0 Å². The molecule has 2 N–H and O–H groups in total. The van der Waals surface area contributed by atoms with Crippen molar-refractivity contribution in [1.29, 1.82) is 0 Å². The van der Waals surface area contributed by atoms with Gasteiger partial charge in [-0.3, -0.25) is 0 Å². The molecule has 1 aliphatic carbocycles. The van der Waals surface area contributed by atoms with Gasteiger partial charge in [-0.2, -0.15) is 0 Å². The minimum absolute atomic E-state index is 0.418. The van der Waals surface area contributed by atoms with Gasteiger partial charge < -0.3 is 5.32 Å². The normalized spacial score (nSPS) is 19.7. The molecule has 1 saturated carbocycles. The third kappa shape index (κ3) is 7.34. The Bertz CT molecular complexity index is 331. The Labute approximate surface area is 112 Å². The molecule has 0 radical (unpaired) electrons. The van der Waals surface area contributed by atoms with Crippen LogP contribution in [0.25, 0.3) is 0 Å². The van der Waals surface area contributed by atoms with Gasteiger partial charge in [-0.05, 0) is 39.2 Å². The zero-order valence-electron chi connectivity index (χ0n) is 12.0. The van der Waals surface area contributed by atoms with E-state index in [1.165, 1.54) is 44.8 Å². The van der Waals surface area contributed by atoms with Gasteiger partial charge in [0.05, 0.1) is 6.26 Å². The molecule has 0 amide bonds. The Balaban J connectivity index is 2.27. The van der Waals surface area contributed by atoms with Crippen molar-refractivity contribution in [2.75, 3.05) is 19.3 Å². The predicted octanol–water partition coefficient (Wildman–Crippen LogP) is 1.87. The van der Waals surface area contributed by atoms with Crippen LogP contribution in [0.15, 0.2) is 0 Å². The summed E-state index contributed by atoms with van der Waals surface area (Å²) in [7, 11) is -3.13. The molecule has 0 aromatic heterocycles. The first kappa shape index (κ1) is 15.9. The Kier molecular flexibility index (Phi) is 6.08. The van der Waals surface area contributed by atoms with Crippen molar-refractivity contribution in [2.45, 2.75) is 57.9 Å². The molecular formula is C13H28N2O2S. The van der Waals surface area contributed by atoms with Crippen LogP contribution < -0.4 is 10.0 Å². The molecule has 1 fully saturated rings. The van der Waals surface area contributed by atoms with Crippen molar-refractivity contribution in [2.24, 2.45) is 5.92 Å². The van der Waals surface area contributed by atoms with Gasteiger partial charge >= 0.3 is 0 Å². The average molecular weight is 276 g/mol. The third-order valence-corrected chi connectivity index (χ3v) is 4.36. The Morgan fingerprint density at radius 3 is 2.17 bits per heavy atom. The summed E-state index contributed by atoms with van der Waals surface area (Å²) in [5.74, 6) is 0.765. The van der Waals surface area contributed by atoms with Crippen LogP contribution in [0, 0.1) is 5.92 Å². The zero-order chi connectivity index (χ0) is 13.6. The minimum atomic E-state index is -3.13. The molecule has 4 nitrogen and oxygen atoms in total. The van der Waals surface area contributed by atoms with Gasteiger partial charge in [-0.25, -0.2) is 13.1 Å². The molecule has 0 atom stereocenters. The molecule has 0 saturated heterocycles. The fraction of sp³-hybridized carbons (Fsp3) is 1.00. The summed E-state index contributed by atoms with van der Waals surface area (Å²) in [6.45, 7) is 5.51. The van der Waals surface area contributed by atoms with Gasteiger partial charge in [0, 0.05) is 12.1 Å². The molecule has 0 spiro atoms. The van der Waals surface area contributed by atoms with E-state index in [-0.39, 0.29) is 0 Å². The summed E-state index contributed by atoms with van der Waals surface area (Å²) in [5.41, 5.74) is -0.418. The quantitative estimate of drug-likeness (QED) is 0.728. The van der Waals surface area contributed by atoms with Crippen LogP contribution in [-0.4, -0.2) is 33.3 Å². The minimum Gasteiger partial charge on any atom is -0.315 e. The molecule has 1 rings (SSSR count). The SMILES string of the molecule is CC(C)(CNCC1CCCCCC1)NS(C)(=O)=O. The topological polar surface area (TPSA) is 58.2 Å². The van der Waals surface area contributed by atoms with Crippen molar-refractivity contribution in [1.82, 2.24) is 10.0 Å². The second-order valence-electron chi connectivity index (χ2n) is 6.25. The molecule has 108 valence electrons. The Hall–Kier alpha value is -0.130. The molecule has 0 aromatic carbocycles. The van der Waals surface area contributed by atoms with Crippen LogP contribution >= 0.6 is 0 Å². The molecule has 5 heteroatoms. The van der Waals surface area contributed by atoms with Gasteiger partial charge in [0.15, 0.2) is 0 Å². The second-order valence-corrected chi connectivity index (χ2v) is 8.00. The highest BCUT2D eigenvalue weighted by Gasteiger charge is 2.22. The fourth-order valence-electron chi connectivity index (χ4n) is 2.69. The summed E-state index contributed by atoms with van der Waals surface area (Å²) in [5, 5.41) is 3.42. The van der Waals surface area contributed by atoms with Crippen LogP contribution in [0.2, 0.25) is 0 Å². The first-order valence-electron chi connectivity index (χ1n) is 6.98. The number of hydrogen-bond acceptors (Lipinski definition) is 3. The highest BCUT2D eigenvalue weighted by atomic mass is 32.2. The maximum atomic E-state index is 11.2. The van der Waals surface area contributed by atoms with E-state index >= 15 is 0 Å². The van der Waals surface area contributed by atoms with Gasteiger partial charge in [0.2, 0.25) is 10.0 Å². The van der Waals surface area contributed by atoms with Gasteiger partial charge in [0.25, 0.3) is 0 Å². The van der Waals surface area contributed by atoms with E-state index in [0.29, 0.717) is 6.54 Å². The third-order valence-electron chi connectivity index (χ3n) is 3.44. The van der Waals surface area contributed by atoms with Crippen molar-refractivity contribution >= 4 is 10.0 Å². The molecule has 0 aliphatic heterocycles. The summed E-state index contributed by atoms with van der Waals surface area (Å²) < 4.78 is 25.1. The second kappa shape index (κ2) is 6.87. The number of nitrogens with one attached hydrogen (secondary N) is 2. The molecule has 0 unspecified atom stereocenters. The van der Waals surface area contributed by atoms with Crippen LogP contribution in [0.3, 0.4) is 0 Å². The van der Waals surface area contributed by atoms with Crippen molar-refractivity contribution in [3.8, 4) is 0 Å². The lowest BCUT2D eigenvalue weighted by molar-refractivity contribution is 0.373. The van der Waals surface area contributed by atoms with E-state index in [1.807, 2.05) is 13.8 Å². The van der Waals surface area contributed by atoms with Gasteiger partial charge in [0.1, 0.15) is 0 Å². The highest BCUT2D eigenvalue weighted by molar-refractivity contribution is 7.88. The van der Waals surface area contributed by atoms with Crippen LogP contribution in [0.1, 0.15) is 52.4 Å². The Morgan fingerprint density at radius 1 is 1.11 bits per heavy atom. The summed E-state index contributed by atoms with van der Waals surface area (Å²) in [6, 6.07) is 0. The fourth-order valence-corrected chi connectivity index (χ4v) is 3.77. The van der Waals surface area contributed by atoms with E-state index in [1.54, 1.807) is 0 Å². The van der Waals surface area contributed by atoms with E-state index < -0.39 is 15.6 Å². The average Bonchev–Trinajstić information content (AvgIpc) is 2.42. The monoisotopic (exact) mass is 276 g/mol. The molecule has 18 heavy (non-hydrogen) atoms. The largest absolute Gasteiger partial charge is 0.315 e. The maximum absolute atomic E-state index is 11.2. The summed E-state index contributed by atoms with van der Waals surface area (Å²) in [6.07, 6.45) is 9.27. The lowest BCUT2D eigenvalue weighted by atomic mass is 10.00. The molecule has 0 bridgehead atoms. The first-order chi connectivity index (χ1) is 8.29. The number of rotatable bonds is 6. The predicted molar refractivity (Wildman–Crippen MR) is 76.1 cm³/mol. The van der Waals surface area contributed by atoms with Crippen molar-refractivity contribution < 1.29 is 8.42 Å². The van der Waals surface area contributed by atoms with Gasteiger partial charge in [-0.1, -0.05) is 25.7 Å². The maximum Gasteiger partial charge on any atom is 0.209 e. The van der Waals surface area contributed by atoms with E-state index in [2.05, 4.69) is 10.0 Å². The Morgan fingerprint density at radius 2 is 1.67 bits per heavy atom. The lowest BCUT2D eigenvalue weighted by Gasteiger charge is -2.26. The zero-order valence-corrected chi connectivity index (χ0v) is 12.8. The first-order valence-corrected chi connectivity index (χ1v) is 8.87. The molecule has 0 heterocycles. The van der Waals surface area contributed by atoms with Crippen molar-refractivity contribution in [3.05, 3.63) is 0 Å². The van der Waals surface area contributed by atoms with Crippen LogP contribution in [0.5, 0.6) is 0 Å². The summed E-state index contributed by atoms with van der Waals surface area (Å²) >= 11 is 0. The summed E-state index contributed by atoms with van der Waals surface area (Å²) in [4.78, 5) is 0.